The Morgan fingerprint density at radius 3 is 2.53 bits per heavy atom. The predicted octanol–water partition coefficient (Wildman–Crippen LogP) is 4.75. The summed E-state index contributed by atoms with van der Waals surface area (Å²) in [6.07, 6.45) is -0.139. The fraction of sp³-hybridized carbons (Fsp3) is 0.360. The summed E-state index contributed by atoms with van der Waals surface area (Å²) in [6.45, 7) is 4.36. The first-order valence-electron chi connectivity index (χ1n) is 11.3. The van der Waals surface area contributed by atoms with Crippen LogP contribution in [0.3, 0.4) is 0 Å². The normalized spacial score (nSPS) is 17.8. The van der Waals surface area contributed by atoms with Gasteiger partial charge in [-0.1, -0.05) is 24.3 Å². The zero-order valence-corrected chi connectivity index (χ0v) is 19.4. The molecule has 0 atom stereocenters. The van der Waals surface area contributed by atoms with E-state index in [0.29, 0.717) is 51.5 Å². The second kappa shape index (κ2) is 9.38. The highest BCUT2D eigenvalue weighted by Crippen LogP contribution is 2.32. The molecule has 0 radical (unpaired) electrons. The lowest BCUT2D eigenvalue weighted by Crippen LogP contribution is -2.50. The molecule has 1 fully saturated rings. The van der Waals surface area contributed by atoms with Crippen molar-refractivity contribution < 1.29 is 18.0 Å². The van der Waals surface area contributed by atoms with E-state index in [4.69, 9.17) is 0 Å². The van der Waals surface area contributed by atoms with Crippen molar-refractivity contribution in [3.05, 3.63) is 65.3 Å². The van der Waals surface area contributed by atoms with E-state index in [1.54, 1.807) is 11.3 Å². The lowest BCUT2D eigenvalue weighted by Gasteiger charge is -2.37. The molecule has 5 nitrogen and oxygen atoms in total. The number of aromatic nitrogens is 1. The number of anilines is 1. The molecule has 0 bridgehead atoms. The smallest absolute Gasteiger partial charge is 0.368 e. The molecule has 1 saturated heterocycles. The van der Waals surface area contributed by atoms with Gasteiger partial charge in [-0.2, -0.15) is 13.2 Å². The molecule has 1 amide bonds. The number of carbonyl (C=O) groups is 1. The summed E-state index contributed by atoms with van der Waals surface area (Å²) in [4.78, 5) is 22.5. The molecule has 3 aromatic rings. The average Bonchev–Trinajstić information content (AvgIpc) is 3.33. The molecule has 5 rings (SSSR count). The second-order valence-electron chi connectivity index (χ2n) is 8.63. The molecule has 0 aliphatic carbocycles. The van der Waals surface area contributed by atoms with Gasteiger partial charge in [-0.15, -0.1) is 11.3 Å². The number of hydrogen-bond donors (Lipinski definition) is 0. The van der Waals surface area contributed by atoms with Crippen LogP contribution in [0.1, 0.15) is 17.7 Å². The Labute approximate surface area is 200 Å². The maximum atomic E-state index is 12.9. The molecule has 1 aromatic carbocycles. The van der Waals surface area contributed by atoms with Crippen molar-refractivity contribution in [2.45, 2.75) is 12.6 Å². The van der Waals surface area contributed by atoms with Crippen LogP contribution in [-0.4, -0.2) is 66.5 Å². The Kier molecular flexibility index (Phi) is 6.31. The van der Waals surface area contributed by atoms with Crippen LogP contribution in [0, 0.1) is 0 Å². The minimum Gasteiger partial charge on any atom is -0.368 e. The summed E-state index contributed by atoms with van der Waals surface area (Å²) in [5, 5.41) is 3.37. The highest BCUT2D eigenvalue weighted by Gasteiger charge is 2.32. The number of halogens is 3. The van der Waals surface area contributed by atoms with Crippen LogP contribution < -0.4 is 4.90 Å². The molecule has 2 aliphatic heterocycles. The van der Waals surface area contributed by atoms with Crippen molar-refractivity contribution in [3.8, 4) is 0 Å². The van der Waals surface area contributed by atoms with Gasteiger partial charge in [0.1, 0.15) is 5.69 Å². The summed E-state index contributed by atoms with van der Waals surface area (Å²) in [5.41, 5.74) is 2.36. The first kappa shape index (κ1) is 22.9. The maximum absolute atomic E-state index is 12.9. The fourth-order valence-corrected chi connectivity index (χ4v) is 5.53. The van der Waals surface area contributed by atoms with Gasteiger partial charge in [0, 0.05) is 44.0 Å². The Bertz CT molecular complexity index is 1200. The number of thiophene rings is 1. The third-order valence-corrected chi connectivity index (χ3v) is 7.48. The Morgan fingerprint density at radius 2 is 1.85 bits per heavy atom. The molecule has 9 heteroatoms. The molecule has 4 heterocycles. The topological polar surface area (TPSA) is 39.7 Å². The minimum atomic E-state index is -4.43. The number of fused-ring (bicyclic) bond motifs is 1. The highest BCUT2D eigenvalue weighted by molar-refractivity contribution is 7.17. The van der Waals surface area contributed by atoms with Gasteiger partial charge in [0.15, 0.2) is 0 Å². The third-order valence-electron chi connectivity index (χ3n) is 6.52. The van der Waals surface area contributed by atoms with Crippen molar-refractivity contribution in [1.29, 1.82) is 0 Å². The summed E-state index contributed by atoms with van der Waals surface area (Å²) in [5.74, 6) is 0.120. The summed E-state index contributed by atoms with van der Waals surface area (Å²) in [7, 11) is 0. The Hall–Kier alpha value is -2.91. The number of carbonyl (C=O) groups excluding carboxylic acids is 1. The fourth-order valence-electron chi connectivity index (χ4n) is 4.58. The van der Waals surface area contributed by atoms with E-state index in [2.05, 4.69) is 45.6 Å². The number of alkyl halides is 3. The number of benzene rings is 1. The van der Waals surface area contributed by atoms with Crippen LogP contribution >= 0.6 is 11.3 Å². The Balaban J connectivity index is 1.13. The summed E-state index contributed by atoms with van der Waals surface area (Å²) < 4.78 is 39.5. The van der Waals surface area contributed by atoms with E-state index in [9.17, 15) is 18.0 Å². The van der Waals surface area contributed by atoms with E-state index in [1.807, 2.05) is 9.80 Å². The van der Waals surface area contributed by atoms with Crippen molar-refractivity contribution >= 4 is 38.6 Å². The zero-order valence-electron chi connectivity index (χ0n) is 18.6. The van der Waals surface area contributed by atoms with Gasteiger partial charge in [0.2, 0.25) is 5.91 Å². The monoisotopic (exact) mass is 486 g/mol. The highest BCUT2D eigenvalue weighted by atomic mass is 32.1. The zero-order chi connectivity index (χ0) is 23.7. The van der Waals surface area contributed by atoms with Crippen LogP contribution in [0.25, 0.3) is 15.7 Å². The number of nitrogens with zero attached hydrogens (tertiary/aromatic N) is 4. The molecular formula is C25H25F3N4OS. The van der Waals surface area contributed by atoms with Gasteiger partial charge in [0.05, 0.1) is 18.4 Å². The lowest BCUT2D eigenvalue weighted by atomic mass is 9.98. The lowest BCUT2D eigenvalue weighted by molar-refractivity contribution is -0.141. The van der Waals surface area contributed by atoms with Crippen molar-refractivity contribution in [2.24, 2.45) is 0 Å². The van der Waals surface area contributed by atoms with Gasteiger partial charge in [-0.05, 0) is 46.5 Å². The summed E-state index contributed by atoms with van der Waals surface area (Å²) in [6, 6.07) is 11.0. The van der Waals surface area contributed by atoms with Crippen LogP contribution in [-0.2, 0) is 11.0 Å². The summed E-state index contributed by atoms with van der Waals surface area (Å²) >= 11 is 1.75. The van der Waals surface area contributed by atoms with Gasteiger partial charge in [-0.3, -0.25) is 9.69 Å². The molecule has 2 aliphatic rings. The average molecular weight is 487 g/mol. The largest absolute Gasteiger partial charge is 0.433 e. The van der Waals surface area contributed by atoms with E-state index in [-0.39, 0.29) is 5.91 Å². The molecule has 0 unspecified atom stereocenters. The van der Waals surface area contributed by atoms with Crippen LogP contribution in [0.2, 0.25) is 0 Å². The number of hydrogen-bond acceptors (Lipinski definition) is 5. The predicted molar refractivity (Wildman–Crippen MR) is 129 cm³/mol. The molecular weight excluding hydrogens is 461 g/mol. The number of piperazine rings is 1. The van der Waals surface area contributed by atoms with Gasteiger partial charge in [0.25, 0.3) is 0 Å². The number of amides is 1. The first-order chi connectivity index (χ1) is 16.4. The SMILES string of the molecule is O=C(CN1CCN(c2ccc(C(F)(F)F)nc2)CC1)N1CC=C(c2cccc3ccsc23)CC1. The standard InChI is InChI=1S/C25H25F3N4OS/c26-25(27,28)22-5-4-20(16-29-22)31-13-11-30(12-14-31)17-23(33)32-9-6-18(7-10-32)21-3-1-2-19-8-15-34-24(19)21/h1-6,8,15-16H,7,9-14,17H2. The van der Waals surface area contributed by atoms with Crippen LogP contribution in [0.15, 0.2) is 54.1 Å². The van der Waals surface area contributed by atoms with Crippen molar-refractivity contribution in [3.63, 3.8) is 0 Å². The van der Waals surface area contributed by atoms with E-state index in [0.717, 1.165) is 12.5 Å². The van der Waals surface area contributed by atoms with Crippen molar-refractivity contribution in [1.82, 2.24) is 14.8 Å². The molecule has 34 heavy (non-hydrogen) atoms. The van der Waals surface area contributed by atoms with Crippen LogP contribution in [0.4, 0.5) is 18.9 Å². The number of pyridine rings is 1. The maximum Gasteiger partial charge on any atom is 0.433 e. The third kappa shape index (κ3) is 4.81. The second-order valence-corrected chi connectivity index (χ2v) is 9.54. The quantitative estimate of drug-likeness (QED) is 0.534. The van der Waals surface area contributed by atoms with E-state index >= 15 is 0 Å². The van der Waals surface area contributed by atoms with Gasteiger partial charge < -0.3 is 9.80 Å². The van der Waals surface area contributed by atoms with E-state index < -0.39 is 11.9 Å². The molecule has 178 valence electrons. The molecule has 0 N–H and O–H groups in total. The van der Waals surface area contributed by atoms with Crippen LogP contribution in [0.5, 0.6) is 0 Å². The minimum absolute atomic E-state index is 0.120. The Morgan fingerprint density at radius 1 is 1.03 bits per heavy atom. The molecule has 0 saturated carbocycles. The van der Waals surface area contributed by atoms with Gasteiger partial charge >= 0.3 is 6.18 Å². The van der Waals surface area contributed by atoms with E-state index in [1.165, 1.54) is 33.5 Å². The first-order valence-corrected chi connectivity index (χ1v) is 12.2. The van der Waals surface area contributed by atoms with Crippen molar-refractivity contribution in [2.75, 3.05) is 50.7 Å². The molecule has 0 spiro atoms. The number of rotatable bonds is 4. The molecule has 2 aromatic heterocycles. The van der Waals surface area contributed by atoms with Gasteiger partial charge in [-0.25, -0.2) is 4.98 Å².